The second-order valence-electron chi connectivity index (χ2n) is 5.18. The van der Waals surface area contributed by atoms with Crippen molar-refractivity contribution in [1.29, 1.82) is 0 Å². The van der Waals surface area contributed by atoms with E-state index in [0.29, 0.717) is 6.54 Å². The third kappa shape index (κ3) is 2.56. The minimum absolute atomic E-state index is 0.00315. The van der Waals surface area contributed by atoms with Gasteiger partial charge < -0.3 is 10.6 Å². The van der Waals surface area contributed by atoms with Crippen molar-refractivity contribution in [3.63, 3.8) is 0 Å². The standard InChI is InChI=1S/C16H18N2OS/c1-10-7-14(20-11(10)2)9-18-16(19)13-3-4-15-12(8-13)5-6-17-15/h3-4,7-8,17H,5-6,9H2,1-2H3,(H,18,19). The van der Waals surface area contributed by atoms with Crippen molar-refractivity contribution in [2.45, 2.75) is 26.8 Å². The summed E-state index contributed by atoms with van der Waals surface area (Å²) in [6, 6.07) is 8.02. The van der Waals surface area contributed by atoms with Crippen LogP contribution in [0.15, 0.2) is 24.3 Å². The van der Waals surface area contributed by atoms with Gasteiger partial charge in [0.05, 0.1) is 6.54 Å². The fourth-order valence-corrected chi connectivity index (χ4v) is 3.45. The maximum atomic E-state index is 12.2. The van der Waals surface area contributed by atoms with Crippen LogP contribution in [0.5, 0.6) is 0 Å². The molecule has 1 amide bonds. The first kappa shape index (κ1) is 13.2. The average Bonchev–Trinajstić information content (AvgIpc) is 3.02. The normalized spacial score (nSPS) is 12.9. The van der Waals surface area contributed by atoms with Crippen molar-refractivity contribution < 1.29 is 4.79 Å². The van der Waals surface area contributed by atoms with Gasteiger partial charge in [0, 0.05) is 27.5 Å². The molecule has 3 rings (SSSR count). The molecule has 0 aliphatic carbocycles. The quantitative estimate of drug-likeness (QED) is 0.909. The molecule has 1 aliphatic rings. The minimum atomic E-state index is 0.00315. The number of carbonyl (C=O) groups excluding carboxylic acids is 1. The molecule has 1 aliphatic heterocycles. The number of carbonyl (C=O) groups is 1. The molecule has 2 aromatic rings. The van der Waals surface area contributed by atoms with Crippen LogP contribution in [0.25, 0.3) is 0 Å². The van der Waals surface area contributed by atoms with Gasteiger partial charge in [-0.2, -0.15) is 0 Å². The first-order chi connectivity index (χ1) is 9.63. The lowest BCUT2D eigenvalue weighted by atomic mass is 10.1. The smallest absolute Gasteiger partial charge is 0.251 e. The molecule has 0 saturated carbocycles. The minimum Gasteiger partial charge on any atom is -0.384 e. The number of nitrogens with one attached hydrogen (secondary N) is 2. The van der Waals surface area contributed by atoms with Crippen LogP contribution in [0.1, 0.15) is 31.2 Å². The third-order valence-corrected chi connectivity index (χ3v) is 4.87. The number of hydrogen-bond donors (Lipinski definition) is 2. The van der Waals surface area contributed by atoms with Crippen molar-refractivity contribution in [2.75, 3.05) is 11.9 Å². The number of anilines is 1. The largest absolute Gasteiger partial charge is 0.384 e. The second kappa shape index (κ2) is 5.29. The summed E-state index contributed by atoms with van der Waals surface area (Å²) in [5, 5.41) is 6.30. The van der Waals surface area contributed by atoms with Gasteiger partial charge in [0.25, 0.3) is 5.91 Å². The summed E-state index contributed by atoms with van der Waals surface area (Å²) in [5.74, 6) is 0.00315. The van der Waals surface area contributed by atoms with E-state index in [0.717, 1.165) is 24.2 Å². The Bertz CT molecular complexity index is 641. The first-order valence-corrected chi connectivity index (χ1v) is 7.66. The number of fused-ring (bicyclic) bond motifs is 1. The van der Waals surface area contributed by atoms with Gasteiger partial charge in [-0.1, -0.05) is 0 Å². The van der Waals surface area contributed by atoms with Gasteiger partial charge in [0.2, 0.25) is 0 Å². The van der Waals surface area contributed by atoms with Crippen molar-refractivity contribution in [3.05, 3.63) is 50.7 Å². The lowest BCUT2D eigenvalue weighted by molar-refractivity contribution is 0.0951. The van der Waals surface area contributed by atoms with E-state index in [1.54, 1.807) is 11.3 Å². The molecule has 0 unspecified atom stereocenters. The molecule has 0 radical (unpaired) electrons. The molecule has 4 heteroatoms. The van der Waals surface area contributed by atoms with Gasteiger partial charge in [0.15, 0.2) is 0 Å². The Balaban J connectivity index is 1.67. The molecular formula is C16H18N2OS. The maximum Gasteiger partial charge on any atom is 0.251 e. The molecule has 3 nitrogen and oxygen atoms in total. The summed E-state index contributed by atoms with van der Waals surface area (Å²) in [7, 11) is 0. The zero-order valence-electron chi connectivity index (χ0n) is 11.7. The Kier molecular flexibility index (Phi) is 3.49. The molecule has 0 saturated heterocycles. The van der Waals surface area contributed by atoms with Gasteiger partial charge in [-0.05, 0) is 55.7 Å². The highest BCUT2D eigenvalue weighted by Gasteiger charge is 2.13. The van der Waals surface area contributed by atoms with Gasteiger partial charge in [0.1, 0.15) is 0 Å². The van der Waals surface area contributed by atoms with Gasteiger partial charge in [-0.3, -0.25) is 4.79 Å². The van der Waals surface area contributed by atoms with Crippen LogP contribution < -0.4 is 10.6 Å². The van der Waals surface area contributed by atoms with Crippen molar-refractivity contribution in [2.24, 2.45) is 0 Å². The van der Waals surface area contributed by atoms with Gasteiger partial charge >= 0.3 is 0 Å². The van der Waals surface area contributed by atoms with Crippen LogP contribution >= 0.6 is 11.3 Å². The monoisotopic (exact) mass is 286 g/mol. The Morgan fingerprint density at radius 2 is 2.20 bits per heavy atom. The lowest BCUT2D eigenvalue weighted by Crippen LogP contribution is -2.22. The van der Waals surface area contributed by atoms with E-state index in [-0.39, 0.29) is 5.91 Å². The van der Waals surface area contributed by atoms with Crippen LogP contribution in [0.4, 0.5) is 5.69 Å². The molecule has 2 heterocycles. The van der Waals surface area contributed by atoms with Crippen molar-refractivity contribution >= 4 is 22.9 Å². The summed E-state index contributed by atoms with van der Waals surface area (Å²) in [6.07, 6.45) is 1.000. The summed E-state index contributed by atoms with van der Waals surface area (Å²) in [5.41, 5.74) is 4.44. The Morgan fingerprint density at radius 1 is 1.35 bits per heavy atom. The van der Waals surface area contributed by atoms with E-state index >= 15 is 0 Å². The Morgan fingerprint density at radius 3 is 2.95 bits per heavy atom. The Hall–Kier alpha value is -1.81. The highest BCUT2D eigenvalue weighted by Crippen LogP contribution is 2.23. The predicted molar refractivity (Wildman–Crippen MR) is 83.6 cm³/mol. The molecule has 104 valence electrons. The first-order valence-electron chi connectivity index (χ1n) is 6.84. The zero-order valence-corrected chi connectivity index (χ0v) is 12.6. The van der Waals surface area contributed by atoms with Crippen LogP contribution in [0.3, 0.4) is 0 Å². The van der Waals surface area contributed by atoms with E-state index in [9.17, 15) is 4.79 Å². The van der Waals surface area contributed by atoms with Crippen LogP contribution in [0.2, 0.25) is 0 Å². The molecule has 0 atom stereocenters. The number of aryl methyl sites for hydroxylation is 2. The highest BCUT2D eigenvalue weighted by atomic mass is 32.1. The van der Waals surface area contributed by atoms with Gasteiger partial charge in [-0.15, -0.1) is 11.3 Å². The van der Waals surface area contributed by atoms with E-state index in [1.807, 2.05) is 18.2 Å². The predicted octanol–water partition coefficient (Wildman–Crippen LogP) is 3.26. The van der Waals surface area contributed by atoms with Gasteiger partial charge in [-0.25, -0.2) is 0 Å². The third-order valence-electron chi connectivity index (χ3n) is 3.72. The van der Waals surface area contributed by atoms with Crippen LogP contribution in [-0.4, -0.2) is 12.5 Å². The number of amides is 1. The van der Waals surface area contributed by atoms with Crippen molar-refractivity contribution in [3.8, 4) is 0 Å². The molecule has 0 spiro atoms. The maximum absolute atomic E-state index is 12.2. The van der Waals surface area contributed by atoms with Crippen LogP contribution in [0, 0.1) is 13.8 Å². The fraction of sp³-hybridized carbons (Fsp3) is 0.312. The molecule has 20 heavy (non-hydrogen) atoms. The second-order valence-corrected chi connectivity index (χ2v) is 6.52. The summed E-state index contributed by atoms with van der Waals surface area (Å²) in [6.45, 7) is 5.78. The molecule has 1 aromatic heterocycles. The summed E-state index contributed by atoms with van der Waals surface area (Å²) in [4.78, 5) is 14.7. The highest BCUT2D eigenvalue weighted by molar-refractivity contribution is 7.12. The molecule has 1 aromatic carbocycles. The average molecular weight is 286 g/mol. The zero-order chi connectivity index (χ0) is 14.1. The SMILES string of the molecule is Cc1cc(CNC(=O)c2ccc3c(c2)CCN3)sc1C. The molecular weight excluding hydrogens is 268 g/mol. The lowest BCUT2D eigenvalue weighted by Gasteiger charge is -2.06. The number of thiophene rings is 1. The molecule has 0 bridgehead atoms. The number of hydrogen-bond acceptors (Lipinski definition) is 3. The summed E-state index contributed by atoms with van der Waals surface area (Å²) < 4.78 is 0. The molecule has 2 N–H and O–H groups in total. The van der Waals surface area contributed by atoms with E-state index in [4.69, 9.17) is 0 Å². The topological polar surface area (TPSA) is 41.1 Å². The number of benzene rings is 1. The Labute approximate surface area is 123 Å². The fourth-order valence-electron chi connectivity index (χ4n) is 2.45. The number of rotatable bonds is 3. The van der Waals surface area contributed by atoms with E-state index in [2.05, 4.69) is 30.5 Å². The molecule has 0 fully saturated rings. The van der Waals surface area contributed by atoms with Crippen LogP contribution in [-0.2, 0) is 13.0 Å². The summed E-state index contributed by atoms with van der Waals surface area (Å²) >= 11 is 1.75. The van der Waals surface area contributed by atoms with E-state index < -0.39 is 0 Å². The van der Waals surface area contributed by atoms with Crippen molar-refractivity contribution in [1.82, 2.24) is 5.32 Å². The van der Waals surface area contributed by atoms with E-state index in [1.165, 1.54) is 20.9 Å².